The lowest BCUT2D eigenvalue weighted by molar-refractivity contribution is 0.301. The second-order valence-electron chi connectivity index (χ2n) is 7.72. The Bertz CT molecular complexity index is 1400. The van der Waals surface area contributed by atoms with E-state index in [-0.39, 0.29) is 23.4 Å². The summed E-state index contributed by atoms with van der Waals surface area (Å²) in [6.07, 6.45) is 4.23. The van der Waals surface area contributed by atoms with Crippen LogP contribution in [0.5, 0.6) is 11.5 Å². The van der Waals surface area contributed by atoms with Gasteiger partial charge in [0.2, 0.25) is 5.43 Å². The Morgan fingerprint density at radius 2 is 1.91 bits per heavy atom. The van der Waals surface area contributed by atoms with Gasteiger partial charge < -0.3 is 18.8 Å². The molecule has 0 radical (unpaired) electrons. The van der Waals surface area contributed by atoms with Crippen LogP contribution >= 0.6 is 0 Å². The number of rotatable bonds is 7. The molecule has 0 saturated heterocycles. The van der Waals surface area contributed by atoms with Crippen LogP contribution in [0.25, 0.3) is 11.0 Å². The molecule has 0 unspecified atom stereocenters. The minimum absolute atomic E-state index is 0.217. The van der Waals surface area contributed by atoms with Gasteiger partial charge in [0.1, 0.15) is 23.6 Å². The van der Waals surface area contributed by atoms with E-state index < -0.39 is 0 Å². The van der Waals surface area contributed by atoms with E-state index >= 15 is 0 Å². The van der Waals surface area contributed by atoms with E-state index in [9.17, 15) is 14.7 Å². The number of nitrogens with zero attached hydrogens (tertiary/aromatic N) is 4. The van der Waals surface area contributed by atoms with Crippen LogP contribution in [0.3, 0.4) is 0 Å². The first kappa shape index (κ1) is 21.4. The Balaban J connectivity index is 1.35. The molecule has 0 fully saturated rings. The smallest absolute Gasteiger partial charge is 0.339 e. The highest BCUT2D eigenvalue weighted by Gasteiger charge is 2.10. The molecule has 0 bridgehead atoms. The summed E-state index contributed by atoms with van der Waals surface area (Å²) in [4.78, 5) is 23.4. The van der Waals surface area contributed by atoms with E-state index in [4.69, 9.17) is 9.15 Å². The lowest BCUT2D eigenvalue weighted by Gasteiger charge is -2.11. The molecule has 1 aromatic carbocycles. The average molecular weight is 436 g/mol. The van der Waals surface area contributed by atoms with Crippen molar-refractivity contribution < 1.29 is 14.3 Å². The van der Waals surface area contributed by atoms with Crippen LogP contribution in [0.15, 0.2) is 50.7 Å². The lowest BCUT2D eigenvalue weighted by Crippen LogP contribution is -2.11. The van der Waals surface area contributed by atoms with Crippen molar-refractivity contribution in [1.82, 2.24) is 19.6 Å². The van der Waals surface area contributed by atoms with Crippen LogP contribution in [0.1, 0.15) is 28.9 Å². The molecular formula is C23H24N4O5. The zero-order chi connectivity index (χ0) is 22.8. The summed E-state index contributed by atoms with van der Waals surface area (Å²) < 4.78 is 14.7. The highest BCUT2D eigenvalue weighted by atomic mass is 16.5. The number of aromatic nitrogens is 4. The molecule has 3 aromatic heterocycles. The number of hydrogen-bond acceptors (Lipinski definition) is 7. The molecule has 4 aromatic rings. The molecule has 4 rings (SSSR count). The predicted octanol–water partition coefficient (Wildman–Crippen LogP) is 2.85. The molecule has 0 aliphatic carbocycles. The lowest BCUT2D eigenvalue weighted by atomic mass is 10.1. The fourth-order valence-corrected chi connectivity index (χ4v) is 3.50. The number of ether oxygens (including phenoxy) is 1. The third-order valence-corrected chi connectivity index (χ3v) is 5.60. The quantitative estimate of drug-likeness (QED) is 0.443. The minimum Gasteiger partial charge on any atom is -0.503 e. The standard InChI is InChI=1S/C23H24N4O5/c1-14-15(2)23(30)32-21-11-18(5-6-19(14)21)31-13-17-12-27(25-24-17)9-4-8-26-10-7-20(28)22(29)16(26)3/h5-7,10-12,29H,4,8-9,13H2,1-3H3. The van der Waals surface area contributed by atoms with Gasteiger partial charge in [-0.25, -0.2) is 4.79 Å². The summed E-state index contributed by atoms with van der Waals surface area (Å²) in [7, 11) is 0. The first-order valence-electron chi connectivity index (χ1n) is 10.3. The van der Waals surface area contributed by atoms with Crippen molar-refractivity contribution in [1.29, 1.82) is 0 Å². The maximum absolute atomic E-state index is 11.9. The second-order valence-corrected chi connectivity index (χ2v) is 7.72. The van der Waals surface area contributed by atoms with Gasteiger partial charge in [0, 0.05) is 42.4 Å². The van der Waals surface area contributed by atoms with Gasteiger partial charge in [0.25, 0.3) is 0 Å². The van der Waals surface area contributed by atoms with Gasteiger partial charge in [0.15, 0.2) is 5.75 Å². The maximum Gasteiger partial charge on any atom is 0.339 e. The fraction of sp³-hybridized carbons (Fsp3) is 0.304. The number of pyridine rings is 1. The molecule has 9 nitrogen and oxygen atoms in total. The Hall–Kier alpha value is -3.88. The van der Waals surface area contributed by atoms with Crippen molar-refractivity contribution in [2.24, 2.45) is 0 Å². The number of fused-ring (bicyclic) bond motifs is 1. The van der Waals surface area contributed by atoms with Crippen LogP contribution in [0, 0.1) is 20.8 Å². The minimum atomic E-state index is -0.376. The van der Waals surface area contributed by atoms with Crippen molar-refractivity contribution in [3.05, 3.63) is 79.8 Å². The molecule has 0 aliphatic rings. The van der Waals surface area contributed by atoms with Gasteiger partial charge in [-0.1, -0.05) is 5.21 Å². The van der Waals surface area contributed by atoms with Crippen LogP contribution in [0.2, 0.25) is 0 Å². The van der Waals surface area contributed by atoms with Gasteiger partial charge >= 0.3 is 5.63 Å². The van der Waals surface area contributed by atoms with Crippen molar-refractivity contribution >= 4 is 11.0 Å². The van der Waals surface area contributed by atoms with E-state index in [2.05, 4.69) is 10.3 Å². The number of benzene rings is 1. The zero-order valence-electron chi connectivity index (χ0n) is 18.2. The van der Waals surface area contributed by atoms with E-state index in [1.54, 1.807) is 30.8 Å². The molecule has 3 heterocycles. The number of hydrogen-bond donors (Lipinski definition) is 1. The fourth-order valence-electron chi connectivity index (χ4n) is 3.50. The maximum atomic E-state index is 11.9. The van der Waals surface area contributed by atoms with Crippen LogP contribution in [-0.2, 0) is 19.7 Å². The molecule has 166 valence electrons. The van der Waals surface area contributed by atoms with E-state index in [0.717, 1.165) is 17.4 Å². The van der Waals surface area contributed by atoms with Crippen molar-refractivity contribution in [2.45, 2.75) is 46.9 Å². The third-order valence-electron chi connectivity index (χ3n) is 5.60. The number of aryl methyl sites for hydroxylation is 3. The molecule has 0 saturated carbocycles. The molecule has 0 atom stereocenters. The summed E-state index contributed by atoms with van der Waals surface area (Å²) in [5.41, 5.74) is 2.49. The highest BCUT2D eigenvalue weighted by molar-refractivity contribution is 5.82. The molecule has 0 spiro atoms. The summed E-state index contributed by atoms with van der Waals surface area (Å²) >= 11 is 0. The summed E-state index contributed by atoms with van der Waals surface area (Å²) in [5, 5.41) is 18.9. The van der Waals surface area contributed by atoms with E-state index in [1.165, 1.54) is 6.07 Å². The van der Waals surface area contributed by atoms with E-state index in [1.807, 2.05) is 29.8 Å². The Morgan fingerprint density at radius 3 is 2.72 bits per heavy atom. The summed E-state index contributed by atoms with van der Waals surface area (Å²) in [5.74, 6) is 0.359. The van der Waals surface area contributed by atoms with Gasteiger partial charge in [-0.15, -0.1) is 5.10 Å². The highest BCUT2D eigenvalue weighted by Crippen LogP contribution is 2.24. The molecule has 0 amide bonds. The van der Waals surface area contributed by atoms with Gasteiger partial charge in [0.05, 0.1) is 11.9 Å². The van der Waals surface area contributed by atoms with Crippen molar-refractivity contribution in [3.8, 4) is 11.5 Å². The predicted molar refractivity (Wildman–Crippen MR) is 118 cm³/mol. The zero-order valence-corrected chi connectivity index (χ0v) is 18.2. The van der Waals surface area contributed by atoms with Crippen LogP contribution in [-0.4, -0.2) is 24.7 Å². The molecule has 9 heteroatoms. The average Bonchev–Trinajstić information content (AvgIpc) is 3.23. The topological polar surface area (TPSA) is 112 Å². The Kier molecular flexibility index (Phi) is 5.81. The third kappa shape index (κ3) is 4.27. The van der Waals surface area contributed by atoms with Crippen molar-refractivity contribution in [3.63, 3.8) is 0 Å². The molecule has 32 heavy (non-hydrogen) atoms. The number of aromatic hydroxyl groups is 1. The first-order chi connectivity index (χ1) is 15.3. The largest absolute Gasteiger partial charge is 0.503 e. The monoisotopic (exact) mass is 436 g/mol. The summed E-state index contributed by atoms with van der Waals surface area (Å²) in [6, 6.07) is 6.77. The van der Waals surface area contributed by atoms with E-state index in [0.29, 0.717) is 41.4 Å². The Labute approximate surface area is 183 Å². The molecular weight excluding hydrogens is 412 g/mol. The van der Waals surface area contributed by atoms with Crippen LogP contribution < -0.4 is 15.8 Å². The van der Waals surface area contributed by atoms with Crippen LogP contribution in [0.4, 0.5) is 0 Å². The SMILES string of the molecule is Cc1c(C)c2ccc(OCc3cn(CCCn4ccc(=O)c(O)c4C)nn3)cc2oc1=O. The van der Waals surface area contributed by atoms with Gasteiger partial charge in [-0.3, -0.25) is 9.48 Å². The second kappa shape index (κ2) is 8.70. The molecule has 1 N–H and O–H groups in total. The van der Waals surface area contributed by atoms with Gasteiger partial charge in [-0.2, -0.15) is 0 Å². The van der Waals surface area contributed by atoms with Crippen molar-refractivity contribution in [2.75, 3.05) is 0 Å². The first-order valence-corrected chi connectivity index (χ1v) is 10.3. The normalized spacial score (nSPS) is 11.2. The molecule has 0 aliphatic heterocycles. The van der Waals surface area contributed by atoms with Gasteiger partial charge in [-0.05, 0) is 44.9 Å². The summed E-state index contributed by atoms with van der Waals surface area (Å²) in [6.45, 7) is 6.84. The Morgan fingerprint density at radius 1 is 1.09 bits per heavy atom.